The van der Waals surface area contributed by atoms with Gasteiger partial charge in [0.2, 0.25) is 6.10 Å². The van der Waals surface area contributed by atoms with Crippen LogP contribution in [-0.4, -0.2) is 34.3 Å². The molecule has 2 heterocycles. The van der Waals surface area contributed by atoms with Crippen molar-refractivity contribution in [2.45, 2.75) is 19.4 Å². The highest BCUT2D eigenvalue weighted by Crippen LogP contribution is 2.30. The Balaban J connectivity index is 1.43. The van der Waals surface area contributed by atoms with Crippen molar-refractivity contribution in [3.05, 3.63) is 71.0 Å². The first kappa shape index (κ1) is 19.8. The molecule has 0 spiro atoms. The molecule has 2 aromatic carbocycles. The van der Waals surface area contributed by atoms with E-state index < -0.39 is 17.9 Å². The lowest BCUT2D eigenvalue weighted by molar-refractivity contribution is -0.131. The number of para-hydroxylation sites is 2. The number of hydrogen-bond donors (Lipinski definition) is 2. The Bertz CT molecular complexity index is 1100. The second-order valence-electron chi connectivity index (χ2n) is 6.56. The fourth-order valence-corrected chi connectivity index (χ4v) is 3.33. The zero-order valence-electron chi connectivity index (χ0n) is 16.1. The van der Waals surface area contributed by atoms with Crippen LogP contribution in [-0.2, 0) is 11.2 Å². The van der Waals surface area contributed by atoms with E-state index >= 15 is 0 Å². The molecule has 0 saturated heterocycles. The van der Waals surface area contributed by atoms with E-state index in [-0.39, 0.29) is 6.61 Å². The maximum atomic E-state index is 12.6. The SMILES string of the molecule is CCc1c(C(=O)NNC(=O)C2COc3ccccc3O2)cnn1-c1cccc(Cl)c1. The molecule has 0 fully saturated rings. The van der Waals surface area contributed by atoms with Gasteiger partial charge in [0.05, 0.1) is 23.1 Å². The van der Waals surface area contributed by atoms with Gasteiger partial charge < -0.3 is 9.47 Å². The summed E-state index contributed by atoms with van der Waals surface area (Å²) >= 11 is 6.06. The summed E-state index contributed by atoms with van der Waals surface area (Å²) in [5, 5.41) is 4.87. The molecule has 1 atom stereocenters. The minimum atomic E-state index is -0.875. The molecule has 0 bridgehead atoms. The number of rotatable bonds is 4. The normalized spacial score (nSPS) is 14.8. The molecule has 0 radical (unpaired) electrons. The van der Waals surface area contributed by atoms with Gasteiger partial charge in [-0.15, -0.1) is 0 Å². The van der Waals surface area contributed by atoms with Crippen LogP contribution < -0.4 is 20.3 Å². The predicted octanol–water partition coefficient (Wildman–Crippen LogP) is 2.69. The molecule has 8 nitrogen and oxygen atoms in total. The van der Waals surface area contributed by atoms with E-state index in [1.807, 2.05) is 25.1 Å². The van der Waals surface area contributed by atoms with Gasteiger partial charge in [0, 0.05) is 5.02 Å². The molecular formula is C21H19ClN4O4. The molecule has 3 aromatic rings. The third-order valence-electron chi connectivity index (χ3n) is 4.60. The van der Waals surface area contributed by atoms with E-state index in [1.54, 1.807) is 35.0 Å². The average Bonchev–Trinajstić information content (AvgIpc) is 3.21. The van der Waals surface area contributed by atoms with Crippen LogP contribution in [0, 0.1) is 0 Å². The van der Waals surface area contributed by atoms with Gasteiger partial charge >= 0.3 is 0 Å². The number of nitrogens with zero attached hydrogens (tertiary/aromatic N) is 2. The number of benzene rings is 2. The van der Waals surface area contributed by atoms with Crippen LogP contribution in [0.1, 0.15) is 23.0 Å². The van der Waals surface area contributed by atoms with Crippen molar-refractivity contribution >= 4 is 23.4 Å². The summed E-state index contributed by atoms with van der Waals surface area (Å²) in [4.78, 5) is 25.0. The van der Waals surface area contributed by atoms with E-state index in [0.29, 0.717) is 34.2 Å². The summed E-state index contributed by atoms with van der Waals surface area (Å²) in [7, 11) is 0. The zero-order valence-corrected chi connectivity index (χ0v) is 16.8. The summed E-state index contributed by atoms with van der Waals surface area (Å²) in [6.07, 6.45) is 1.14. The highest BCUT2D eigenvalue weighted by molar-refractivity contribution is 6.30. The van der Waals surface area contributed by atoms with Crippen molar-refractivity contribution < 1.29 is 19.1 Å². The quantitative estimate of drug-likeness (QED) is 0.625. The first-order valence-corrected chi connectivity index (χ1v) is 9.76. The minimum absolute atomic E-state index is 0.0472. The van der Waals surface area contributed by atoms with Gasteiger partial charge in [0.1, 0.15) is 6.61 Å². The Morgan fingerprint density at radius 3 is 2.73 bits per heavy atom. The molecule has 1 unspecified atom stereocenters. The number of carbonyl (C=O) groups excluding carboxylic acids is 2. The zero-order chi connectivity index (χ0) is 21.1. The van der Waals surface area contributed by atoms with Gasteiger partial charge in [-0.3, -0.25) is 20.4 Å². The standard InChI is InChI=1S/C21H19ClN4O4/c1-2-16-15(11-23-26(16)14-7-5-6-13(22)10-14)20(27)24-25-21(28)19-12-29-17-8-3-4-9-18(17)30-19/h3-11,19H,2,12H2,1H3,(H,24,27)(H,25,28). The summed E-state index contributed by atoms with van der Waals surface area (Å²) < 4.78 is 12.8. The molecule has 2 amide bonds. The third-order valence-corrected chi connectivity index (χ3v) is 4.84. The minimum Gasteiger partial charge on any atom is -0.485 e. The van der Waals surface area contributed by atoms with Crippen molar-refractivity contribution in [1.29, 1.82) is 0 Å². The molecule has 154 valence electrons. The van der Waals surface area contributed by atoms with Crippen LogP contribution in [0.15, 0.2) is 54.7 Å². The van der Waals surface area contributed by atoms with Crippen molar-refractivity contribution in [2.24, 2.45) is 0 Å². The maximum absolute atomic E-state index is 12.6. The maximum Gasteiger partial charge on any atom is 0.283 e. The highest BCUT2D eigenvalue weighted by atomic mass is 35.5. The number of halogens is 1. The van der Waals surface area contributed by atoms with Crippen molar-refractivity contribution in [3.8, 4) is 17.2 Å². The van der Waals surface area contributed by atoms with Crippen LogP contribution in [0.4, 0.5) is 0 Å². The fourth-order valence-electron chi connectivity index (χ4n) is 3.15. The second kappa shape index (κ2) is 8.46. The van der Waals surface area contributed by atoms with Crippen molar-refractivity contribution in [3.63, 3.8) is 0 Å². The van der Waals surface area contributed by atoms with Crippen LogP contribution in [0.25, 0.3) is 5.69 Å². The van der Waals surface area contributed by atoms with Gasteiger partial charge in [0.25, 0.3) is 11.8 Å². The lowest BCUT2D eigenvalue weighted by Crippen LogP contribution is -2.50. The van der Waals surface area contributed by atoms with E-state index in [1.165, 1.54) is 6.20 Å². The molecule has 2 N–H and O–H groups in total. The van der Waals surface area contributed by atoms with Gasteiger partial charge in [0.15, 0.2) is 11.5 Å². The topological polar surface area (TPSA) is 94.5 Å². The van der Waals surface area contributed by atoms with E-state index in [4.69, 9.17) is 21.1 Å². The summed E-state index contributed by atoms with van der Waals surface area (Å²) in [6, 6.07) is 14.3. The van der Waals surface area contributed by atoms with Crippen molar-refractivity contribution in [1.82, 2.24) is 20.6 Å². The lowest BCUT2D eigenvalue weighted by atomic mass is 10.2. The number of carbonyl (C=O) groups is 2. The van der Waals surface area contributed by atoms with Crippen molar-refractivity contribution in [2.75, 3.05) is 6.61 Å². The molecular weight excluding hydrogens is 408 g/mol. The van der Waals surface area contributed by atoms with Gasteiger partial charge in [-0.1, -0.05) is 36.7 Å². The first-order valence-electron chi connectivity index (χ1n) is 9.38. The number of ether oxygens (including phenoxy) is 2. The predicted molar refractivity (Wildman–Crippen MR) is 110 cm³/mol. The molecule has 0 saturated carbocycles. The van der Waals surface area contributed by atoms with Gasteiger partial charge in [-0.2, -0.15) is 5.10 Å². The number of nitrogens with one attached hydrogen (secondary N) is 2. The summed E-state index contributed by atoms with van der Waals surface area (Å²) in [5.41, 5.74) is 6.59. The molecule has 4 rings (SSSR count). The number of fused-ring (bicyclic) bond motifs is 1. The average molecular weight is 427 g/mol. The summed E-state index contributed by atoms with van der Waals surface area (Å²) in [6.45, 7) is 1.96. The second-order valence-corrected chi connectivity index (χ2v) is 6.99. The molecule has 1 aromatic heterocycles. The van der Waals surface area contributed by atoms with Crippen LogP contribution in [0.3, 0.4) is 0 Å². The summed E-state index contributed by atoms with van der Waals surface area (Å²) in [5.74, 6) is 0.0571. The molecule has 1 aliphatic rings. The Labute approximate surface area is 177 Å². The number of hydrogen-bond acceptors (Lipinski definition) is 5. The largest absolute Gasteiger partial charge is 0.485 e. The number of aromatic nitrogens is 2. The monoisotopic (exact) mass is 426 g/mol. The lowest BCUT2D eigenvalue weighted by Gasteiger charge is -2.25. The van der Waals surface area contributed by atoms with Gasteiger partial charge in [-0.05, 0) is 36.8 Å². The Hall–Kier alpha value is -3.52. The van der Waals surface area contributed by atoms with Gasteiger partial charge in [-0.25, -0.2) is 4.68 Å². The first-order chi connectivity index (χ1) is 14.6. The Kier molecular flexibility index (Phi) is 5.58. The Morgan fingerprint density at radius 2 is 1.97 bits per heavy atom. The van der Waals surface area contributed by atoms with Crippen LogP contribution in [0.5, 0.6) is 11.5 Å². The molecule has 0 aliphatic carbocycles. The molecule has 1 aliphatic heterocycles. The van der Waals surface area contributed by atoms with Crippen LogP contribution in [0.2, 0.25) is 5.02 Å². The van der Waals surface area contributed by atoms with E-state index in [9.17, 15) is 9.59 Å². The molecule has 9 heteroatoms. The highest BCUT2D eigenvalue weighted by Gasteiger charge is 2.28. The van der Waals surface area contributed by atoms with E-state index in [0.717, 1.165) is 5.69 Å². The van der Waals surface area contributed by atoms with E-state index in [2.05, 4.69) is 16.0 Å². The van der Waals surface area contributed by atoms with Crippen LogP contribution >= 0.6 is 11.6 Å². The number of amides is 2. The number of hydrazine groups is 1. The molecule has 30 heavy (non-hydrogen) atoms. The fraction of sp³-hybridized carbons (Fsp3) is 0.190. The Morgan fingerprint density at radius 1 is 1.17 bits per heavy atom. The smallest absolute Gasteiger partial charge is 0.283 e. The third kappa shape index (κ3) is 3.95.